The monoisotopic (exact) mass is 366 g/mol. The van der Waals surface area contributed by atoms with Crippen LogP contribution in [0.3, 0.4) is 0 Å². The van der Waals surface area contributed by atoms with Gasteiger partial charge in [0.15, 0.2) is 0 Å². The lowest BCUT2D eigenvalue weighted by Gasteiger charge is -2.33. The standard InChI is InChI=1S/C14H18BrF3N2O/c1-21-13-8-11(2-3-12(13)15)19-10-4-6-20(7-5-10)9-14(16,17)18/h2-3,8,10,19H,4-7,9H2,1H3. The number of hydrogen-bond acceptors (Lipinski definition) is 3. The Hall–Kier alpha value is -0.950. The highest BCUT2D eigenvalue weighted by molar-refractivity contribution is 9.10. The van der Waals surface area contributed by atoms with E-state index in [0.29, 0.717) is 25.9 Å². The van der Waals surface area contributed by atoms with Crippen LogP contribution in [-0.2, 0) is 0 Å². The molecule has 118 valence electrons. The minimum absolute atomic E-state index is 0.195. The Morgan fingerprint density at radius 3 is 2.57 bits per heavy atom. The molecule has 3 nitrogen and oxygen atoms in total. The quantitative estimate of drug-likeness (QED) is 0.874. The molecular weight excluding hydrogens is 349 g/mol. The number of rotatable bonds is 4. The van der Waals surface area contributed by atoms with E-state index in [9.17, 15) is 13.2 Å². The van der Waals surface area contributed by atoms with Crippen molar-refractivity contribution in [1.29, 1.82) is 0 Å². The maximum atomic E-state index is 12.3. The number of likely N-dealkylation sites (tertiary alicyclic amines) is 1. The lowest BCUT2D eigenvalue weighted by molar-refractivity contribution is -0.147. The maximum Gasteiger partial charge on any atom is 0.401 e. The Bertz CT molecular complexity index is 474. The van der Waals surface area contributed by atoms with Gasteiger partial charge in [-0.25, -0.2) is 0 Å². The van der Waals surface area contributed by atoms with E-state index in [2.05, 4.69) is 21.2 Å². The van der Waals surface area contributed by atoms with Crippen LogP contribution in [0.15, 0.2) is 22.7 Å². The fourth-order valence-corrected chi connectivity index (χ4v) is 2.88. The summed E-state index contributed by atoms with van der Waals surface area (Å²) in [6.07, 6.45) is -2.71. The molecule has 1 saturated heterocycles. The first-order valence-corrected chi connectivity index (χ1v) is 7.56. The third kappa shape index (κ3) is 5.07. The molecule has 0 atom stereocenters. The van der Waals surface area contributed by atoms with Crippen molar-refractivity contribution in [3.8, 4) is 5.75 Å². The molecule has 1 N–H and O–H groups in total. The Morgan fingerprint density at radius 1 is 1.33 bits per heavy atom. The van der Waals surface area contributed by atoms with Crippen molar-refractivity contribution < 1.29 is 17.9 Å². The molecule has 0 saturated carbocycles. The van der Waals surface area contributed by atoms with Crippen molar-refractivity contribution in [2.45, 2.75) is 25.1 Å². The number of ether oxygens (including phenoxy) is 1. The summed E-state index contributed by atoms with van der Waals surface area (Å²) < 4.78 is 43.1. The minimum Gasteiger partial charge on any atom is -0.495 e. The third-order valence-corrected chi connectivity index (χ3v) is 4.17. The number of hydrogen-bond donors (Lipinski definition) is 1. The lowest BCUT2D eigenvalue weighted by Crippen LogP contribution is -2.43. The van der Waals surface area contributed by atoms with Gasteiger partial charge < -0.3 is 10.1 Å². The number of nitrogens with zero attached hydrogens (tertiary/aromatic N) is 1. The highest BCUT2D eigenvalue weighted by atomic mass is 79.9. The fraction of sp³-hybridized carbons (Fsp3) is 0.571. The molecule has 0 unspecified atom stereocenters. The van der Waals surface area contributed by atoms with Gasteiger partial charge in [-0.05, 0) is 40.9 Å². The molecular formula is C14H18BrF3N2O. The Kier molecular flexibility index (Phi) is 5.37. The SMILES string of the molecule is COc1cc(NC2CCN(CC(F)(F)F)CC2)ccc1Br. The highest BCUT2D eigenvalue weighted by Crippen LogP contribution is 2.29. The van der Waals surface area contributed by atoms with Gasteiger partial charge in [-0.3, -0.25) is 4.90 Å². The first-order valence-electron chi connectivity index (χ1n) is 6.76. The van der Waals surface area contributed by atoms with Crippen LogP contribution in [0.25, 0.3) is 0 Å². The molecule has 0 aliphatic carbocycles. The Balaban J connectivity index is 1.86. The van der Waals surface area contributed by atoms with E-state index < -0.39 is 12.7 Å². The average molecular weight is 367 g/mol. The van der Waals surface area contributed by atoms with Gasteiger partial charge in [0.2, 0.25) is 0 Å². The summed E-state index contributed by atoms with van der Waals surface area (Å²) in [6, 6.07) is 5.89. The van der Waals surface area contributed by atoms with E-state index in [1.807, 2.05) is 18.2 Å². The second-order valence-electron chi connectivity index (χ2n) is 5.16. The molecule has 1 aliphatic rings. The lowest BCUT2D eigenvalue weighted by atomic mass is 10.0. The molecule has 0 spiro atoms. The number of halogens is 4. The molecule has 1 heterocycles. The zero-order chi connectivity index (χ0) is 15.5. The maximum absolute atomic E-state index is 12.3. The topological polar surface area (TPSA) is 24.5 Å². The fourth-order valence-electron chi connectivity index (χ4n) is 2.47. The minimum atomic E-state index is -4.11. The summed E-state index contributed by atoms with van der Waals surface area (Å²) in [5.74, 6) is 0.731. The molecule has 2 rings (SSSR count). The number of piperidine rings is 1. The molecule has 7 heteroatoms. The van der Waals surface area contributed by atoms with Crippen molar-refractivity contribution in [3.05, 3.63) is 22.7 Å². The van der Waals surface area contributed by atoms with E-state index in [1.165, 1.54) is 4.90 Å². The number of benzene rings is 1. The normalized spacial score (nSPS) is 17.8. The smallest absolute Gasteiger partial charge is 0.401 e. The average Bonchev–Trinajstić information content (AvgIpc) is 2.41. The van der Waals surface area contributed by atoms with E-state index in [4.69, 9.17) is 4.74 Å². The van der Waals surface area contributed by atoms with Crippen LogP contribution in [-0.4, -0.2) is 43.9 Å². The van der Waals surface area contributed by atoms with Crippen LogP contribution >= 0.6 is 15.9 Å². The molecule has 21 heavy (non-hydrogen) atoms. The molecule has 0 radical (unpaired) electrons. The zero-order valence-corrected chi connectivity index (χ0v) is 13.3. The molecule has 0 amide bonds. The first kappa shape index (κ1) is 16.4. The molecule has 1 aromatic carbocycles. The van der Waals surface area contributed by atoms with Gasteiger partial charge in [-0.15, -0.1) is 0 Å². The van der Waals surface area contributed by atoms with Gasteiger partial charge >= 0.3 is 6.18 Å². The van der Waals surface area contributed by atoms with Crippen LogP contribution < -0.4 is 10.1 Å². The summed E-state index contributed by atoms with van der Waals surface area (Å²) in [6.45, 7) is 0.113. The summed E-state index contributed by atoms with van der Waals surface area (Å²) >= 11 is 3.39. The molecule has 1 aromatic rings. The zero-order valence-electron chi connectivity index (χ0n) is 11.7. The van der Waals surface area contributed by atoms with Gasteiger partial charge in [0.1, 0.15) is 5.75 Å². The van der Waals surface area contributed by atoms with Crippen molar-refractivity contribution >= 4 is 21.6 Å². The van der Waals surface area contributed by atoms with E-state index in [-0.39, 0.29) is 6.04 Å². The summed E-state index contributed by atoms with van der Waals surface area (Å²) in [7, 11) is 1.60. The van der Waals surface area contributed by atoms with Crippen LogP contribution in [0.2, 0.25) is 0 Å². The van der Waals surface area contributed by atoms with E-state index in [0.717, 1.165) is 15.9 Å². The van der Waals surface area contributed by atoms with Crippen LogP contribution in [0.1, 0.15) is 12.8 Å². The van der Waals surface area contributed by atoms with Crippen molar-refractivity contribution in [2.75, 3.05) is 32.1 Å². The Labute approximate surface area is 130 Å². The number of anilines is 1. The van der Waals surface area contributed by atoms with E-state index in [1.54, 1.807) is 7.11 Å². The van der Waals surface area contributed by atoms with Gasteiger partial charge in [0.05, 0.1) is 18.1 Å². The summed E-state index contributed by atoms with van der Waals surface area (Å²) in [5.41, 5.74) is 0.921. The predicted octanol–water partition coefficient (Wildman–Crippen LogP) is 3.90. The number of alkyl halides is 3. The Morgan fingerprint density at radius 2 is 2.00 bits per heavy atom. The van der Waals surface area contributed by atoms with Gasteiger partial charge in [0.25, 0.3) is 0 Å². The van der Waals surface area contributed by atoms with E-state index >= 15 is 0 Å². The predicted molar refractivity (Wildman–Crippen MR) is 79.8 cm³/mol. The van der Waals surface area contributed by atoms with Gasteiger partial charge in [-0.2, -0.15) is 13.2 Å². The van der Waals surface area contributed by atoms with Crippen molar-refractivity contribution in [2.24, 2.45) is 0 Å². The largest absolute Gasteiger partial charge is 0.495 e. The number of methoxy groups -OCH3 is 1. The van der Waals surface area contributed by atoms with Crippen LogP contribution in [0.5, 0.6) is 5.75 Å². The first-order chi connectivity index (χ1) is 9.87. The van der Waals surface area contributed by atoms with Crippen LogP contribution in [0.4, 0.5) is 18.9 Å². The second kappa shape index (κ2) is 6.87. The number of nitrogens with one attached hydrogen (secondary N) is 1. The van der Waals surface area contributed by atoms with Gasteiger partial charge in [0, 0.05) is 30.9 Å². The van der Waals surface area contributed by atoms with Gasteiger partial charge in [-0.1, -0.05) is 0 Å². The van der Waals surface area contributed by atoms with Crippen LogP contribution in [0, 0.1) is 0 Å². The van der Waals surface area contributed by atoms with Crippen molar-refractivity contribution in [3.63, 3.8) is 0 Å². The highest BCUT2D eigenvalue weighted by Gasteiger charge is 2.32. The molecule has 0 aromatic heterocycles. The molecule has 1 fully saturated rings. The second-order valence-corrected chi connectivity index (χ2v) is 6.01. The summed E-state index contributed by atoms with van der Waals surface area (Å²) in [4.78, 5) is 1.46. The summed E-state index contributed by atoms with van der Waals surface area (Å²) in [5, 5.41) is 3.36. The molecule has 0 bridgehead atoms. The van der Waals surface area contributed by atoms with Crippen molar-refractivity contribution in [1.82, 2.24) is 4.90 Å². The molecule has 1 aliphatic heterocycles. The third-order valence-electron chi connectivity index (χ3n) is 3.51.